The van der Waals surface area contributed by atoms with E-state index in [1.807, 2.05) is 0 Å². The van der Waals surface area contributed by atoms with E-state index in [1.165, 1.54) is 25.1 Å². The van der Waals surface area contributed by atoms with Crippen LogP contribution in [0.15, 0.2) is 11.3 Å². The Morgan fingerprint density at radius 3 is 2.67 bits per heavy atom. The molecule has 0 radical (unpaired) electrons. The number of piperidine rings is 1. The average Bonchev–Trinajstić information content (AvgIpc) is 2.17. The number of rotatable bonds is 0. The molecule has 1 nitrogen and oxygen atoms in total. The van der Waals surface area contributed by atoms with Crippen molar-refractivity contribution in [2.75, 3.05) is 6.54 Å². The summed E-state index contributed by atoms with van der Waals surface area (Å²) in [4.78, 5) is 0. The maximum Gasteiger partial charge on any atom is 0.0182 e. The third kappa shape index (κ3) is 0.171. The van der Waals surface area contributed by atoms with Crippen LogP contribution in [0.3, 0.4) is 0 Å². The summed E-state index contributed by atoms with van der Waals surface area (Å²) in [5, 5.41) is 3.27. The topological polar surface area (TPSA) is 12.0 Å². The van der Waals surface area contributed by atoms with Crippen LogP contribution in [-0.2, 0) is 0 Å². The Balaban J connectivity index is 2.29. The SMILES string of the molecule is C1CC2=C(C2)N1. The highest BCUT2D eigenvalue weighted by Crippen LogP contribution is 2.34. The van der Waals surface area contributed by atoms with E-state index in [1.54, 1.807) is 5.57 Å². The smallest absolute Gasteiger partial charge is 0.0182 e. The van der Waals surface area contributed by atoms with Gasteiger partial charge in [0.15, 0.2) is 0 Å². The summed E-state index contributed by atoms with van der Waals surface area (Å²) >= 11 is 0. The van der Waals surface area contributed by atoms with Crippen LogP contribution < -0.4 is 5.32 Å². The lowest BCUT2D eigenvalue weighted by molar-refractivity contribution is 0.823. The number of hydrogen-bond acceptors (Lipinski definition) is 1. The molecule has 1 heteroatoms. The van der Waals surface area contributed by atoms with Gasteiger partial charge >= 0.3 is 0 Å². The molecule has 0 aromatic heterocycles. The Kier molecular flexibility index (Phi) is 0.278. The lowest BCUT2D eigenvalue weighted by atomic mass is 10.3. The molecule has 0 aromatic carbocycles. The molecular weight excluding hydrogens is 74.1 g/mol. The highest BCUT2D eigenvalue weighted by molar-refractivity contribution is 5.37. The molecule has 0 fully saturated rings. The third-order valence-electron chi connectivity index (χ3n) is 1.46. The molecule has 0 unspecified atom stereocenters. The van der Waals surface area contributed by atoms with Crippen molar-refractivity contribution in [2.45, 2.75) is 12.8 Å². The van der Waals surface area contributed by atoms with E-state index in [0.717, 1.165) is 0 Å². The zero-order valence-electron chi connectivity index (χ0n) is 3.62. The molecule has 0 spiro atoms. The van der Waals surface area contributed by atoms with E-state index in [9.17, 15) is 0 Å². The fourth-order valence-electron chi connectivity index (χ4n) is 0.960. The molecule has 1 N–H and O–H groups in total. The van der Waals surface area contributed by atoms with E-state index >= 15 is 0 Å². The molecular formula is C5H7N. The lowest BCUT2D eigenvalue weighted by Crippen LogP contribution is -2.04. The lowest BCUT2D eigenvalue weighted by Gasteiger charge is -1.91. The summed E-state index contributed by atoms with van der Waals surface area (Å²) < 4.78 is 0. The summed E-state index contributed by atoms with van der Waals surface area (Å²) in [7, 11) is 0. The molecule has 6 heavy (non-hydrogen) atoms. The zero-order chi connectivity index (χ0) is 3.98. The molecule has 0 saturated carbocycles. The van der Waals surface area contributed by atoms with Crippen LogP contribution in [0.2, 0.25) is 0 Å². The van der Waals surface area contributed by atoms with Crippen molar-refractivity contribution < 1.29 is 0 Å². The van der Waals surface area contributed by atoms with E-state index in [2.05, 4.69) is 5.32 Å². The molecule has 0 amide bonds. The van der Waals surface area contributed by atoms with Crippen LogP contribution >= 0.6 is 0 Å². The van der Waals surface area contributed by atoms with Gasteiger partial charge in [-0.25, -0.2) is 0 Å². The number of hydrogen-bond donors (Lipinski definition) is 1. The Labute approximate surface area is 37.0 Å². The maximum absolute atomic E-state index is 3.27. The molecule has 0 bridgehead atoms. The predicted octanol–water partition coefficient (Wildman–Crippen LogP) is 0.637. The van der Waals surface area contributed by atoms with E-state index in [4.69, 9.17) is 0 Å². The first-order valence-electron chi connectivity index (χ1n) is 2.41. The largest absolute Gasteiger partial charge is 0.388 e. The molecule has 1 heterocycles. The van der Waals surface area contributed by atoms with Crippen LogP contribution in [0.4, 0.5) is 0 Å². The molecule has 1 aliphatic heterocycles. The first-order chi connectivity index (χ1) is 2.97. The van der Waals surface area contributed by atoms with Crippen LogP contribution in [0, 0.1) is 0 Å². The van der Waals surface area contributed by atoms with Crippen molar-refractivity contribution in [1.29, 1.82) is 0 Å². The highest BCUT2D eigenvalue weighted by Gasteiger charge is 2.24. The second-order valence-electron chi connectivity index (χ2n) is 1.94. The second-order valence-corrected chi connectivity index (χ2v) is 1.94. The van der Waals surface area contributed by atoms with Gasteiger partial charge < -0.3 is 5.32 Å². The minimum Gasteiger partial charge on any atom is -0.388 e. The van der Waals surface area contributed by atoms with E-state index < -0.39 is 0 Å². The minimum atomic E-state index is 1.21. The quantitative estimate of drug-likeness (QED) is 0.451. The van der Waals surface area contributed by atoms with Crippen LogP contribution in [0.1, 0.15) is 12.8 Å². The fraction of sp³-hybridized carbons (Fsp3) is 0.600. The average molecular weight is 81.1 g/mol. The molecule has 32 valence electrons. The monoisotopic (exact) mass is 81.1 g/mol. The maximum atomic E-state index is 3.27. The first kappa shape index (κ1) is 2.67. The molecule has 0 saturated heterocycles. The van der Waals surface area contributed by atoms with Gasteiger partial charge in [0.05, 0.1) is 0 Å². The zero-order valence-corrected chi connectivity index (χ0v) is 3.62. The van der Waals surface area contributed by atoms with Gasteiger partial charge in [0, 0.05) is 18.7 Å². The third-order valence-corrected chi connectivity index (χ3v) is 1.46. The number of allylic oxidation sites excluding steroid dienone is 1. The van der Waals surface area contributed by atoms with Gasteiger partial charge in [-0.2, -0.15) is 0 Å². The summed E-state index contributed by atoms with van der Waals surface area (Å²) in [6.45, 7) is 1.21. The first-order valence-corrected chi connectivity index (χ1v) is 2.41. The normalized spacial score (nSPS) is 26.7. The van der Waals surface area contributed by atoms with Gasteiger partial charge in [-0.15, -0.1) is 0 Å². The Morgan fingerprint density at radius 1 is 1.50 bits per heavy atom. The second kappa shape index (κ2) is 0.625. The number of nitrogens with one attached hydrogen (secondary N) is 1. The molecule has 0 aromatic rings. The standard InChI is InChI=1S/C5H7N/c1-2-6-5-3-4(1)5/h6H,1-3H2. The van der Waals surface area contributed by atoms with Gasteiger partial charge in [-0.05, 0) is 12.0 Å². The molecule has 2 aliphatic rings. The molecule has 2 rings (SSSR count). The van der Waals surface area contributed by atoms with Gasteiger partial charge in [0.25, 0.3) is 0 Å². The Morgan fingerprint density at radius 2 is 2.50 bits per heavy atom. The van der Waals surface area contributed by atoms with Crippen LogP contribution in [0.5, 0.6) is 0 Å². The Bertz CT molecular complexity index is 101. The van der Waals surface area contributed by atoms with E-state index in [0.29, 0.717) is 0 Å². The van der Waals surface area contributed by atoms with Crippen molar-refractivity contribution in [3.63, 3.8) is 0 Å². The molecule has 0 atom stereocenters. The van der Waals surface area contributed by atoms with Gasteiger partial charge in [0.2, 0.25) is 0 Å². The predicted molar refractivity (Wildman–Crippen MR) is 24.3 cm³/mol. The summed E-state index contributed by atoms with van der Waals surface area (Å²) in [5.41, 5.74) is 3.21. The van der Waals surface area contributed by atoms with Gasteiger partial charge in [-0.3, -0.25) is 0 Å². The van der Waals surface area contributed by atoms with Crippen molar-refractivity contribution >= 4 is 0 Å². The van der Waals surface area contributed by atoms with Gasteiger partial charge in [-0.1, -0.05) is 0 Å². The summed E-state index contributed by atoms with van der Waals surface area (Å²) in [5.74, 6) is 0. The van der Waals surface area contributed by atoms with Crippen LogP contribution in [0.25, 0.3) is 0 Å². The van der Waals surface area contributed by atoms with Crippen LogP contribution in [-0.4, -0.2) is 6.54 Å². The Hall–Kier alpha value is -0.460. The minimum absolute atomic E-state index is 1.21. The summed E-state index contributed by atoms with van der Waals surface area (Å²) in [6.07, 6.45) is 2.63. The van der Waals surface area contributed by atoms with Crippen molar-refractivity contribution in [2.24, 2.45) is 0 Å². The fourth-order valence-corrected chi connectivity index (χ4v) is 0.960. The van der Waals surface area contributed by atoms with Crippen molar-refractivity contribution in [3.8, 4) is 0 Å². The molecule has 1 aliphatic carbocycles. The van der Waals surface area contributed by atoms with E-state index in [-0.39, 0.29) is 0 Å². The summed E-state index contributed by atoms with van der Waals surface area (Å²) in [6, 6.07) is 0. The van der Waals surface area contributed by atoms with Crippen molar-refractivity contribution in [3.05, 3.63) is 11.3 Å². The van der Waals surface area contributed by atoms with Crippen molar-refractivity contribution in [1.82, 2.24) is 5.32 Å². The van der Waals surface area contributed by atoms with Gasteiger partial charge in [0.1, 0.15) is 0 Å². The highest BCUT2D eigenvalue weighted by atomic mass is 14.9.